The van der Waals surface area contributed by atoms with Crippen LogP contribution in [0, 0.1) is 11.8 Å². The Kier molecular flexibility index (Phi) is 2.79. The van der Waals surface area contributed by atoms with Crippen molar-refractivity contribution in [1.29, 1.82) is 0 Å². The minimum Gasteiger partial charge on any atom is -0.444 e. The van der Waals surface area contributed by atoms with E-state index in [-0.39, 0.29) is 5.92 Å². The fraction of sp³-hybridized carbons (Fsp3) is 0.833. The van der Waals surface area contributed by atoms with E-state index in [2.05, 4.69) is 5.32 Å². The van der Waals surface area contributed by atoms with Crippen molar-refractivity contribution in [3.63, 3.8) is 0 Å². The highest BCUT2D eigenvalue weighted by Gasteiger charge is 2.64. The van der Waals surface area contributed by atoms with Crippen molar-refractivity contribution >= 4 is 12.6 Å². The Morgan fingerprint density at radius 3 is 2.53 bits per heavy atom. The van der Waals surface area contributed by atoms with Gasteiger partial charge in [0.1, 0.15) is 5.60 Å². The van der Waals surface area contributed by atoms with Crippen molar-refractivity contribution in [2.75, 3.05) is 0 Å². The molecule has 2 aliphatic carbocycles. The number of ether oxygens (including phenoxy) is 2. The molecule has 0 aromatic rings. The minimum absolute atomic E-state index is 0.264. The number of nitrogens with one attached hydrogen (secondary N) is 1. The summed E-state index contributed by atoms with van der Waals surface area (Å²) in [5.41, 5.74) is -1.35. The van der Waals surface area contributed by atoms with Gasteiger partial charge >= 0.3 is 6.09 Å². The van der Waals surface area contributed by atoms with E-state index in [1.54, 1.807) is 20.8 Å². The fourth-order valence-electron chi connectivity index (χ4n) is 2.18. The van der Waals surface area contributed by atoms with Crippen LogP contribution in [0.4, 0.5) is 4.79 Å². The molecule has 2 fully saturated rings. The van der Waals surface area contributed by atoms with Gasteiger partial charge in [0, 0.05) is 12.3 Å². The predicted octanol–water partition coefficient (Wildman–Crippen LogP) is 1.81. The quantitative estimate of drug-likeness (QED) is 0.602. The molecule has 17 heavy (non-hydrogen) atoms. The zero-order valence-corrected chi connectivity index (χ0v) is 10.5. The largest absolute Gasteiger partial charge is 0.444 e. The molecule has 2 atom stereocenters. The van der Waals surface area contributed by atoms with Crippen molar-refractivity contribution in [2.45, 2.75) is 51.4 Å². The third-order valence-electron chi connectivity index (χ3n) is 3.12. The lowest BCUT2D eigenvalue weighted by molar-refractivity contribution is -0.138. The highest BCUT2D eigenvalue weighted by atomic mass is 16.6. The van der Waals surface area contributed by atoms with Crippen molar-refractivity contribution in [3.8, 4) is 0 Å². The lowest BCUT2D eigenvalue weighted by atomic mass is 10.2. The lowest BCUT2D eigenvalue weighted by Crippen LogP contribution is -2.43. The van der Waals surface area contributed by atoms with Crippen LogP contribution in [0.25, 0.3) is 0 Å². The standard InChI is InChI=1S/C12H19NO4/c1-11(2,3)17-10(15)13-12(16-7-14)6-9(12)8-4-5-8/h7-9H,4-6H2,1-3H3,(H,13,15). The molecule has 2 rings (SSSR count). The molecule has 0 aromatic heterocycles. The number of alkyl carbamates (subject to hydrolysis) is 1. The molecule has 2 unspecified atom stereocenters. The van der Waals surface area contributed by atoms with Gasteiger partial charge in [-0.15, -0.1) is 0 Å². The first-order valence-corrected chi connectivity index (χ1v) is 5.99. The van der Waals surface area contributed by atoms with Crippen LogP contribution in [0.1, 0.15) is 40.0 Å². The van der Waals surface area contributed by atoms with Gasteiger partial charge in [0.05, 0.1) is 0 Å². The van der Waals surface area contributed by atoms with E-state index in [1.165, 1.54) is 0 Å². The normalized spacial score (nSPS) is 31.6. The van der Waals surface area contributed by atoms with Gasteiger partial charge in [-0.1, -0.05) is 0 Å². The summed E-state index contributed by atoms with van der Waals surface area (Å²) in [5, 5.41) is 2.68. The van der Waals surface area contributed by atoms with E-state index >= 15 is 0 Å². The summed E-state index contributed by atoms with van der Waals surface area (Å²) in [6, 6.07) is 0. The van der Waals surface area contributed by atoms with E-state index in [1.807, 2.05) is 0 Å². The SMILES string of the molecule is CC(C)(C)OC(=O)NC1(OC=O)CC1C1CC1. The lowest BCUT2D eigenvalue weighted by Gasteiger charge is -2.23. The van der Waals surface area contributed by atoms with Gasteiger partial charge in [0.15, 0.2) is 5.72 Å². The molecule has 5 heteroatoms. The Balaban J connectivity index is 1.90. The summed E-state index contributed by atoms with van der Waals surface area (Å²) < 4.78 is 10.2. The molecule has 96 valence electrons. The Morgan fingerprint density at radius 1 is 1.41 bits per heavy atom. The summed E-state index contributed by atoms with van der Waals surface area (Å²) >= 11 is 0. The first-order chi connectivity index (χ1) is 7.86. The van der Waals surface area contributed by atoms with Gasteiger partial charge in [0.25, 0.3) is 6.47 Å². The van der Waals surface area contributed by atoms with Crippen LogP contribution in [-0.4, -0.2) is 23.9 Å². The van der Waals surface area contributed by atoms with E-state index < -0.39 is 17.4 Å². The average molecular weight is 241 g/mol. The van der Waals surface area contributed by atoms with Gasteiger partial charge in [-0.2, -0.15) is 0 Å². The first kappa shape index (κ1) is 12.2. The van der Waals surface area contributed by atoms with Crippen molar-refractivity contribution in [2.24, 2.45) is 11.8 Å². The van der Waals surface area contributed by atoms with Crippen LogP contribution in [-0.2, 0) is 14.3 Å². The summed E-state index contributed by atoms with van der Waals surface area (Å²) in [6.07, 6.45) is 2.49. The summed E-state index contributed by atoms with van der Waals surface area (Å²) in [4.78, 5) is 22.1. The monoisotopic (exact) mass is 241 g/mol. The van der Waals surface area contributed by atoms with Gasteiger partial charge < -0.3 is 9.47 Å². The van der Waals surface area contributed by atoms with Crippen molar-refractivity contribution in [1.82, 2.24) is 5.32 Å². The molecule has 0 heterocycles. The van der Waals surface area contributed by atoms with Crippen molar-refractivity contribution < 1.29 is 19.1 Å². The number of rotatable bonds is 4. The molecule has 0 aromatic carbocycles. The second-order valence-electron chi connectivity index (χ2n) is 5.88. The van der Waals surface area contributed by atoms with Gasteiger partial charge in [-0.05, 0) is 39.5 Å². The number of carbonyl (C=O) groups is 2. The van der Waals surface area contributed by atoms with Gasteiger partial charge in [0.2, 0.25) is 0 Å². The van der Waals surface area contributed by atoms with Gasteiger partial charge in [-0.25, -0.2) is 4.79 Å². The molecule has 5 nitrogen and oxygen atoms in total. The molecule has 1 amide bonds. The van der Waals surface area contributed by atoms with Crippen LogP contribution in [0.5, 0.6) is 0 Å². The Hall–Kier alpha value is -1.26. The van der Waals surface area contributed by atoms with Crippen LogP contribution in [0.2, 0.25) is 0 Å². The first-order valence-electron chi connectivity index (χ1n) is 5.99. The summed E-state index contributed by atoms with van der Waals surface area (Å²) in [7, 11) is 0. The highest BCUT2D eigenvalue weighted by Crippen LogP contribution is 2.57. The Labute approximate surface area is 101 Å². The zero-order chi connectivity index (χ0) is 12.7. The van der Waals surface area contributed by atoms with E-state index in [0.717, 1.165) is 12.8 Å². The number of amides is 1. The molecule has 2 saturated carbocycles. The predicted molar refractivity (Wildman–Crippen MR) is 60.1 cm³/mol. The van der Waals surface area contributed by atoms with Crippen LogP contribution < -0.4 is 5.32 Å². The average Bonchev–Trinajstić information content (AvgIpc) is 2.94. The molecule has 0 bridgehead atoms. The minimum atomic E-state index is -0.800. The number of hydrogen-bond acceptors (Lipinski definition) is 4. The molecule has 0 saturated heterocycles. The third-order valence-corrected chi connectivity index (χ3v) is 3.12. The van der Waals surface area contributed by atoms with Crippen LogP contribution in [0.15, 0.2) is 0 Å². The summed E-state index contributed by atoms with van der Waals surface area (Å²) in [5.74, 6) is 0.852. The molecule has 2 aliphatic rings. The maximum atomic E-state index is 11.6. The molecule has 0 spiro atoms. The van der Waals surface area contributed by atoms with Crippen LogP contribution in [0.3, 0.4) is 0 Å². The second-order valence-corrected chi connectivity index (χ2v) is 5.88. The van der Waals surface area contributed by atoms with E-state index in [9.17, 15) is 9.59 Å². The van der Waals surface area contributed by atoms with Crippen molar-refractivity contribution in [3.05, 3.63) is 0 Å². The van der Waals surface area contributed by atoms with E-state index in [4.69, 9.17) is 9.47 Å². The number of hydrogen-bond donors (Lipinski definition) is 1. The highest BCUT2D eigenvalue weighted by molar-refractivity contribution is 5.69. The molecule has 1 N–H and O–H groups in total. The smallest absolute Gasteiger partial charge is 0.410 e. The molecular formula is C12H19NO4. The van der Waals surface area contributed by atoms with Gasteiger partial charge in [-0.3, -0.25) is 10.1 Å². The summed E-state index contributed by atoms with van der Waals surface area (Å²) in [6.45, 7) is 5.79. The maximum absolute atomic E-state index is 11.6. The fourth-order valence-corrected chi connectivity index (χ4v) is 2.18. The Bertz CT molecular complexity index is 332. The maximum Gasteiger partial charge on any atom is 0.410 e. The molecular weight excluding hydrogens is 222 g/mol. The van der Waals surface area contributed by atoms with E-state index in [0.29, 0.717) is 18.8 Å². The number of carbonyl (C=O) groups excluding carboxylic acids is 2. The second kappa shape index (κ2) is 3.89. The zero-order valence-electron chi connectivity index (χ0n) is 10.5. The topological polar surface area (TPSA) is 64.6 Å². The third kappa shape index (κ3) is 2.90. The molecule has 0 radical (unpaired) electrons. The molecule has 0 aliphatic heterocycles. The Morgan fingerprint density at radius 2 is 2.06 bits per heavy atom. The van der Waals surface area contributed by atoms with Crippen LogP contribution >= 0.6 is 0 Å².